The Labute approximate surface area is 133 Å². The third-order valence-electron chi connectivity index (χ3n) is 2.17. The van der Waals surface area contributed by atoms with Gasteiger partial charge in [0.25, 0.3) is 0 Å². The summed E-state index contributed by atoms with van der Waals surface area (Å²) in [6.07, 6.45) is 3.24. The minimum atomic E-state index is 0.370. The van der Waals surface area contributed by atoms with Crippen LogP contribution in [0, 0.1) is 0 Å². The van der Waals surface area contributed by atoms with Gasteiger partial charge in [-0.1, -0.05) is 0 Å². The quantitative estimate of drug-likeness (QED) is 0.342. The molecule has 4 N–H and O–H groups in total. The second-order valence-corrected chi connectivity index (χ2v) is 4.43. The van der Waals surface area contributed by atoms with Crippen molar-refractivity contribution in [2.75, 3.05) is 14.1 Å². The predicted molar refractivity (Wildman–Crippen MR) is 91.3 cm³/mol. The van der Waals surface area contributed by atoms with Crippen LogP contribution in [0.5, 0.6) is 0 Å². The van der Waals surface area contributed by atoms with Gasteiger partial charge in [-0.25, -0.2) is 9.97 Å². The van der Waals surface area contributed by atoms with Gasteiger partial charge in [0.05, 0.1) is 5.71 Å². The minimum absolute atomic E-state index is 0.370. The zero-order chi connectivity index (χ0) is 15.7. The lowest BCUT2D eigenvalue weighted by atomic mass is 10.2. The fraction of sp³-hybridized carbons (Fsp3) is 0.273. The lowest BCUT2D eigenvalue weighted by Gasteiger charge is -2.07. The van der Waals surface area contributed by atoms with Crippen LogP contribution in [0.1, 0.15) is 12.7 Å². The van der Waals surface area contributed by atoms with Crippen LogP contribution in [-0.2, 0) is 0 Å². The summed E-state index contributed by atoms with van der Waals surface area (Å²) in [4.78, 5) is 8.30. The van der Waals surface area contributed by atoms with E-state index in [1.807, 2.05) is 0 Å². The largest absolute Gasteiger partial charge is 0.364 e. The van der Waals surface area contributed by atoms with Crippen LogP contribution in [0.4, 0.5) is 0 Å². The van der Waals surface area contributed by atoms with Gasteiger partial charge in [-0.2, -0.15) is 10.2 Å². The lowest BCUT2D eigenvalue weighted by molar-refractivity contribution is 0.961. The van der Waals surface area contributed by atoms with Gasteiger partial charge >= 0.3 is 0 Å². The van der Waals surface area contributed by atoms with Gasteiger partial charge in [-0.15, -0.1) is 0 Å². The molecular weight excluding hydrogens is 308 g/mol. The first-order valence-electron chi connectivity index (χ1n) is 5.93. The molecule has 0 radical (unpaired) electrons. The molecule has 0 unspecified atom stereocenters. The number of nitrogens with one attached hydrogen (secondary N) is 4. The van der Waals surface area contributed by atoms with Gasteiger partial charge in [0, 0.05) is 26.5 Å². The van der Waals surface area contributed by atoms with Gasteiger partial charge < -0.3 is 10.6 Å². The molecule has 0 aliphatic heterocycles. The fourth-order valence-corrected chi connectivity index (χ4v) is 1.21. The third kappa shape index (κ3) is 5.75. The maximum Gasteiger partial charge on any atom is 0.186 e. The molecule has 21 heavy (non-hydrogen) atoms. The van der Waals surface area contributed by atoms with Crippen LogP contribution in [0.25, 0.3) is 0 Å². The molecule has 0 aliphatic carbocycles. The van der Waals surface area contributed by atoms with E-state index in [2.05, 4.69) is 41.7 Å². The van der Waals surface area contributed by atoms with Crippen molar-refractivity contribution in [3.8, 4) is 0 Å². The molecule has 0 atom stereocenters. The van der Waals surface area contributed by atoms with Gasteiger partial charge in [-0.05, 0) is 37.4 Å². The highest BCUT2D eigenvalue weighted by atomic mass is 32.1. The van der Waals surface area contributed by atoms with E-state index in [1.54, 1.807) is 39.5 Å². The van der Waals surface area contributed by atoms with Gasteiger partial charge in [0.2, 0.25) is 0 Å². The number of rotatable bonds is 4. The molecule has 0 saturated carbocycles. The number of hydrazone groups is 2. The predicted octanol–water partition coefficient (Wildman–Crippen LogP) is -0.256. The molecule has 0 amide bonds. The van der Waals surface area contributed by atoms with Crippen molar-refractivity contribution >= 4 is 46.1 Å². The first kappa shape index (κ1) is 16.9. The average Bonchev–Trinajstić information content (AvgIpc) is 2.53. The van der Waals surface area contributed by atoms with E-state index in [0.29, 0.717) is 27.5 Å². The topological polar surface area (TPSA) is 98.6 Å². The second kappa shape index (κ2) is 8.87. The Morgan fingerprint density at radius 1 is 1.00 bits per heavy atom. The zero-order valence-corrected chi connectivity index (χ0v) is 13.5. The van der Waals surface area contributed by atoms with Crippen molar-refractivity contribution in [1.82, 2.24) is 31.5 Å². The molecule has 0 aromatic carbocycles. The van der Waals surface area contributed by atoms with E-state index in [-0.39, 0.29) is 0 Å². The van der Waals surface area contributed by atoms with Crippen LogP contribution in [-0.4, -0.2) is 45.7 Å². The van der Waals surface area contributed by atoms with Gasteiger partial charge in [0.1, 0.15) is 0 Å². The van der Waals surface area contributed by atoms with Crippen LogP contribution in [0.3, 0.4) is 0 Å². The molecule has 0 aliphatic rings. The van der Waals surface area contributed by atoms with Crippen molar-refractivity contribution in [2.24, 2.45) is 10.2 Å². The lowest BCUT2D eigenvalue weighted by Crippen LogP contribution is -2.33. The van der Waals surface area contributed by atoms with Crippen LogP contribution >= 0.6 is 24.4 Å². The third-order valence-corrected chi connectivity index (χ3v) is 2.76. The molecule has 1 aromatic heterocycles. The molecule has 1 heterocycles. The van der Waals surface area contributed by atoms with E-state index in [9.17, 15) is 0 Å². The molecule has 0 fully saturated rings. The molecule has 112 valence electrons. The van der Waals surface area contributed by atoms with Crippen LogP contribution in [0.15, 0.2) is 28.7 Å². The monoisotopic (exact) mass is 324 g/mol. The van der Waals surface area contributed by atoms with E-state index < -0.39 is 0 Å². The van der Waals surface area contributed by atoms with E-state index in [0.717, 1.165) is 0 Å². The van der Waals surface area contributed by atoms with E-state index >= 15 is 0 Å². The number of hydrogen-bond acceptors (Lipinski definition) is 6. The van der Waals surface area contributed by atoms with Gasteiger partial charge in [-0.3, -0.25) is 10.9 Å². The first-order chi connectivity index (χ1) is 10.1. The molecule has 1 aromatic rings. The first-order valence-corrected chi connectivity index (χ1v) is 6.75. The van der Waals surface area contributed by atoms with E-state index in [1.165, 1.54) is 0 Å². The standard InChI is InChI=1S/C11H16N8S2/c1-7(16-18-10(20)12-2)8(17-19-11(21)13-3)9-14-5-4-6-15-9/h4-6H,1-3H3,(H2,12,18,20)(H2,13,19,21). The Morgan fingerprint density at radius 3 is 2.05 bits per heavy atom. The highest BCUT2D eigenvalue weighted by Crippen LogP contribution is 1.95. The molecule has 8 nitrogen and oxygen atoms in total. The van der Waals surface area contributed by atoms with Gasteiger partial charge in [0.15, 0.2) is 21.8 Å². The minimum Gasteiger partial charge on any atom is -0.364 e. The number of nitrogens with zero attached hydrogens (tertiary/aromatic N) is 4. The normalized spacial score (nSPS) is 11.6. The summed E-state index contributed by atoms with van der Waals surface area (Å²) < 4.78 is 0. The van der Waals surface area contributed by atoms with Crippen molar-refractivity contribution in [3.05, 3.63) is 24.3 Å². The molecule has 0 saturated heterocycles. The molecule has 10 heteroatoms. The maximum atomic E-state index is 4.98. The zero-order valence-electron chi connectivity index (χ0n) is 11.8. The highest BCUT2D eigenvalue weighted by molar-refractivity contribution is 7.80. The highest BCUT2D eigenvalue weighted by Gasteiger charge is 2.11. The SMILES string of the molecule is CNC(=S)NN=C(C)C(=NNC(=S)NC)c1ncccn1. The summed E-state index contributed by atoms with van der Waals surface area (Å²) in [6, 6.07) is 1.72. The Morgan fingerprint density at radius 2 is 1.52 bits per heavy atom. The van der Waals surface area contributed by atoms with Crippen LogP contribution in [0.2, 0.25) is 0 Å². The Kier molecular flexibility index (Phi) is 7.12. The Hall–Kier alpha value is -2.20. The molecule has 0 spiro atoms. The number of thiocarbonyl (C=S) groups is 2. The molecule has 0 bridgehead atoms. The summed E-state index contributed by atoms with van der Waals surface area (Å²) in [6.45, 7) is 1.75. The van der Waals surface area contributed by atoms with Crippen LogP contribution < -0.4 is 21.5 Å². The maximum absolute atomic E-state index is 4.98. The average molecular weight is 324 g/mol. The Bertz CT molecular complexity index is 555. The smallest absolute Gasteiger partial charge is 0.186 e. The van der Waals surface area contributed by atoms with E-state index in [4.69, 9.17) is 24.4 Å². The fourth-order valence-electron chi connectivity index (χ4n) is 1.12. The number of aromatic nitrogens is 2. The summed E-state index contributed by atoms with van der Waals surface area (Å²) in [5, 5.41) is 14.6. The van der Waals surface area contributed by atoms with Crippen molar-refractivity contribution < 1.29 is 0 Å². The number of hydrogen-bond donors (Lipinski definition) is 4. The molecule has 1 rings (SSSR count). The van der Waals surface area contributed by atoms with Crippen molar-refractivity contribution in [1.29, 1.82) is 0 Å². The van der Waals surface area contributed by atoms with Crippen molar-refractivity contribution in [3.63, 3.8) is 0 Å². The summed E-state index contributed by atoms with van der Waals surface area (Å²) >= 11 is 9.93. The summed E-state index contributed by atoms with van der Waals surface area (Å²) in [5.74, 6) is 0.419. The van der Waals surface area contributed by atoms with Crippen molar-refractivity contribution in [2.45, 2.75) is 6.92 Å². The summed E-state index contributed by atoms with van der Waals surface area (Å²) in [7, 11) is 3.39. The summed E-state index contributed by atoms with van der Waals surface area (Å²) in [5.41, 5.74) is 6.35. The molecular formula is C11H16N8S2. The second-order valence-electron chi connectivity index (χ2n) is 3.61. The Balaban J connectivity index is 3.02.